The van der Waals surface area contributed by atoms with Crippen molar-refractivity contribution < 1.29 is 17.7 Å². The average molecular weight is 316 g/mol. The molecule has 1 atom stereocenters. The molecule has 0 fully saturated rings. The van der Waals surface area contributed by atoms with Crippen LogP contribution in [0.15, 0.2) is 35.0 Å². The molecule has 0 radical (unpaired) electrons. The topological polar surface area (TPSA) is 66.4 Å². The molecule has 0 spiro atoms. The molecule has 0 saturated carbocycles. The predicted molar refractivity (Wildman–Crippen MR) is 72.9 cm³/mol. The van der Waals surface area contributed by atoms with Crippen LogP contribution < -0.4 is 0 Å². The lowest BCUT2D eigenvalue weighted by atomic mass is 10.0. The van der Waals surface area contributed by atoms with Gasteiger partial charge in [-0.25, -0.2) is 4.21 Å². The molecule has 0 amide bonds. The van der Waals surface area contributed by atoms with Crippen LogP contribution in [0.3, 0.4) is 0 Å². The molecule has 1 heterocycles. The smallest absolute Gasteiger partial charge is 0.195 e. The van der Waals surface area contributed by atoms with Gasteiger partial charge in [-0.05, 0) is 29.1 Å². The number of carbonyl (C=O) groups excluding carboxylic acids is 1. The second-order valence-electron chi connectivity index (χ2n) is 3.62. The quantitative estimate of drug-likeness (QED) is 0.628. The van der Waals surface area contributed by atoms with Gasteiger partial charge in [0.2, 0.25) is 0 Å². The van der Waals surface area contributed by atoms with Crippen LogP contribution in [0.1, 0.15) is 21.5 Å². The Hall–Kier alpha value is -1.05. The van der Waals surface area contributed by atoms with Gasteiger partial charge in [0.1, 0.15) is 0 Å². The zero-order valence-electron chi connectivity index (χ0n) is 9.50. The van der Waals surface area contributed by atoms with Crippen molar-refractivity contribution in [3.8, 4) is 0 Å². The van der Waals surface area contributed by atoms with Crippen molar-refractivity contribution in [1.29, 1.82) is 0 Å². The van der Waals surface area contributed by atoms with Gasteiger partial charge in [0.25, 0.3) is 0 Å². The lowest BCUT2D eigenvalue weighted by Gasteiger charge is -2.08. The van der Waals surface area contributed by atoms with Crippen LogP contribution in [-0.2, 0) is 22.2 Å². The Labute approximate surface area is 121 Å². The number of carbonyl (C=O) groups is 1. The van der Waals surface area contributed by atoms with Crippen LogP contribution in [0.25, 0.3) is 0 Å². The van der Waals surface area contributed by atoms with E-state index in [-0.39, 0.29) is 17.4 Å². The molecular formula is C12H8ClO4S2-. The number of ketones is 1. The Morgan fingerprint density at radius 3 is 2.79 bits per heavy atom. The first-order valence-corrected chi connectivity index (χ1v) is 7.48. The van der Waals surface area contributed by atoms with Crippen molar-refractivity contribution in [1.82, 2.24) is 0 Å². The van der Waals surface area contributed by atoms with Crippen LogP contribution in [0.2, 0.25) is 5.02 Å². The van der Waals surface area contributed by atoms with E-state index < -0.39 is 11.4 Å². The van der Waals surface area contributed by atoms with Gasteiger partial charge in [-0.15, -0.1) is 0 Å². The minimum Gasteiger partial charge on any atom is -0.750 e. The summed E-state index contributed by atoms with van der Waals surface area (Å²) in [6, 6.07) is 6.42. The van der Waals surface area contributed by atoms with E-state index in [9.17, 15) is 13.6 Å². The number of thiophene rings is 1. The Morgan fingerprint density at radius 2 is 2.21 bits per heavy atom. The van der Waals surface area contributed by atoms with E-state index in [0.29, 0.717) is 16.7 Å². The fraction of sp³-hybridized carbons (Fsp3) is 0.0833. The maximum absolute atomic E-state index is 12.1. The van der Waals surface area contributed by atoms with Crippen molar-refractivity contribution in [3.05, 3.63) is 56.7 Å². The molecule has 100 valence electrons. The second-order valence-corrected chi connectivity index (χ2v) is 5.45. The highest BCUT2D eigenvalue weighted by molar-refractivity contribution is 7.74. The van der Waals surface area contributed by atoms with Crippen molar-refractivity contribution in [2.75, 3.05) is 0 Å². The molecular weight excluding hydrogens is 308 g/mol. The third kappa shape index (κ3) is 3.71. The summed E-state index contributed by atoms with van der Waals surface area (Å²) in [5, 5.41) is 3.83. The summed E-state index contributed by atoms with van der Waals surface area (Å²) in [5.74, 6) is -0.161. The van der Waals surface area contributed by atoms with Gasteiger partial charge in [0, 0.05) is 16.5 Å². The molecule has 7 heteroatoms. The van der Waals surface area contributed by atoms with Gasteiger partial charge in [-0.1, -0.05) is 17.7 Å². The SMILES string of the molecule is O=C(c1ccsc1)c1ccc(COS(=O)[O-])cc1Cl. The van der Waals surface area contributed by atoms with E-state index in [0.717, 1.165) is 0 Å². The molecule has 0 aliphatic rings. The van der Waals surface area contributed by atoms with Gasteiger partial charge >= 0.3 is 0 Å². The van der Waals surface area contributed by atoms with Gasteiger partial charge < -0.3 is 4.55 Å². The van der Waals surface area contributed by atoms with E-state index in [1.165, 1.54) is 17.4 Å². The van der Waals surface area contributed by atoms with Crippen LogP contribution in [0, 0.1) is 0 Å². The molecule has 2 aromatic rings. The van der Waals surface area contributed by atoms with E-state index >= 15 is 0 Å². The number of halogens is 1. The molecule has 0 saturated heterocycles. The predicted octanol–water partition coefficient (Wildman–Crippen LogP) is 2.94. The number of benzene rings is 1. The Morgan fingerprint density at radius 1 is 1.42 bits per heavy atom. The summed E-state index contributed by atoms with van der Waals surface area (Å²) in [6.45, 7) is -0.108. The maximum atomic E-state index is 12.1. The minimum absolute atomic E-state index is 0.108. The van der Waals surface area contributed by atoms with Crippen molar-refractivity contribution in [2.45, 2.75) is 6.61 Å². The molecule has 0 aliphatic carbocycles. The van der Waals surface area contributed by atoms with E-state index in [1.54, 1.807) is 23.6 Å². The Balaban J connectivity index is 2.20. The normalized spacial score (nSPS) is 12.3. The van der Waals surface area contributed by atoms with Crippen LogP contribution in [-0.4, -0.2) is 14.5 Å². The summed E-state index contributed by atoms with van der Waals surface area (Å²) in [6.07, 6.45) is 0. The highest BCUT2D eigenvalue weighted by atomic mass is 35.5. The van der Waals surface area contributed by atoms with Gasteiger partial charge in [0.05, 0.1) is 23.0 Å². The zero-order valence-corrected chi connectivity index (χ0v) is 11.9. The third-order valence-corrected chi connectivity index (χ3v) is 3.69. The van der Waals surface area contributed by atoms with Gasteiger partial charge in [-0.3, -0.25) is 8.98 Å². The fourth-order valence-corrected chi connectivity index (χ4v) is 2.66. The summed E-state index contributed by atoms with van der Waals surface area (Å²) in [7, 11) is 0. The standard InChI is InChI=1S/C12H9ClO4S2/c13-11-5-8(6-17-19(15)16)1-2-10(11)12(14)9-3-4-18-7-9/h1-5,7H,6H2,(H,15,16)/p-1. The van der Waals surface area contributed by atoms with E-state index in [1.807, 2.05) is 5.38 Å². The van der Waals surface area contributed by atoms with Crippen LogP contribution in [0.4, 0.5) is 0 Å². The fourth-order valence-electron chi connectivity index (χ4n) is 1.50. The number of hydrogen-bond donors (Lipinski definition) is 0. The average Bonchev–Trinajstić information content (AvgIpc) is 2.89. The number of hydrogen-bond acceptors (Lipinski definition) is 5. The largest absolute Gasteiger partial charge is 0.750 e. The highest BCUT2D eigenvalue weighted by Gasteiger charge is 2.13. The van der Waals surface area contributed by atoms with Crippen LogP contribution >= 0.6 is 22.9 Å². The molecule has 2 rings (SSSR count). The highest BCUT2D eigenvalue weighted by Crippen LogP contribution is 2.22. The van der Waals surface area contributed by atoms with Gasteiger partial charge in [-0.2, -0.15) is 11.3 Å². The first-order valence-electron chi connectivity index (χ1n) is 5.16. The van der Waals surface area contributed by atoms with Crippen LogP contribution in [0.5, 0.6) is 0 Å². The molecule has 0 bridgehead atoms. The lowest BCUT2D eigenvalue weighted by molar-refractivity contribution is 0.103. The van der Waals surface area contributed by atoms with Crippen molar-refractivity contribution in [2.24, 2.45) is 0 Å². The molecule has 1 aromatic carbocycles. The third-order valence-electron chi connectivity index (χ3n) is 2.38. The minimum atomic E-state index is -2.57. The summed E-state index contributed by atoms with van der Waals surface area (Å²) in [4.78, 5) is 12.1. The first kappa shape index (κ1) is 14.4. The molecule has 4 nitrogen and oxygen atoms in total. The monoisotopic (exact) mass is 315 g/mol. The second kappa shape index (κ2) is 6.40. The number of rotatable bonds is 5. The summed E-state index contributed by atoms with van der Waals surface area (Å²) < 4.78 is 25.0. The summed E-state index contributed by atoms with van der Waals surface area (Å²) >= 11 is 4.89. The van der Waals surface area contributed by atoms with Crippen molar-refractivity contribution >= 4 is 40.1 Å². The first-order chi connectivity index (χ1) is 9.08. The molecule has 0 aliphatic heterocycles. The Bertz CT molecular complexity index is 610. The molecule has 0 N–H and O–H groups in total. The molecule has 1 aromatic heterocycles. The van der Waals surface area contributed by atoms with Crippen molar-refractivity contribution in [3.63, 3.8) is 0 Å². The molecule has 1 unspecified atom stereocenters. The zero-order chi connectivity index (χ0) is 13.8. The van der Waals surface area contributed by atoms with Gasteiger partial charge in [0.15, 0.2) is 5.78 Å². The lowest BCUT2D eigenvalue weighted by Crippen LogP contribution is -2.02. The van der Waals surface area contributed by atoms with E-state index in [2.05, 4.69) is 4.18 Å². The molecule has 19 heavy (non-hydrogen) atoms. The maximum Gasteiger partial charge on any atom is 0.195 e. The summed E-state index contributed by atoms with van der Waals surface area (Å²) in [5.41, 5.74) is 1.54. The van der Waals surface area contributed by atoms with E-state index in [4.69, 9.17) is 11.6 Å². The Kier molecular flexibility index (Phi) is 4.84.